The van der Waals surface area contributed by atoms with Crippen LogP contribution in [-0.4, -0.2) is 11.7 Å². The summed E-state index contributed by atoms with van der Waals surface area (Å²) in [6.07, 6.45) is 4.70. The molecule has 1 aliphatic rings. The number of nitrogens with one attached hydrogen (secondary N) is 1. The van der Waals surface area contributed by atoms with Crippen molar-refractivity contribution in [1.82, 2.24) is 0 Å². The van der Waals surface area contributed by atoms with Gasteiger partial charge in [-0.1, -0.05) is 34.9 Å². The van der Waals surface area contributed by atoms with Gasteiger partial charge in [-0.2, -0.15) is 0 Å². The van der Waals surface area contributed by atoms with Crippen molar-refractivity contribution in [1.29, 1.82) is 0 Å². The molecule has 1 N–H and O–H groups in total. The Bertz CT molecular complexity index is 688. The number of amides is 1. The molecule has 1 heterocycles. The van der Waals surface area contributed by atoms with Gasteiger partial charge in [0.2, 0.25) is 5.91 Å². The number of allylic oxidation sites excluding steroid dienone is 4. The minimum atomic E-state index is -1.09. The molecule has 3 nitrogen and oxygen atoms in total. The third kappa shape index (κ3) is 3.56. The number of benzene rings is 1. The van der Waals surface area contributed by atoms with E-state index in [2.05, 4.69) is 5.32 Å². The standard InChI is InChI=1S/C19H22ClNO2/c1-12(2)7-9-19(10-8-13(3)4)17(22)15-6-5-14(20)11-16(15)21-18(19)23/h5-8,11H,9-10H2,1-4H3,(H,21,23). The summed E-state index contributed by atoms with van der Waals surface area (Å²) in [5.74, 6) is -0.393. The van der Waals surface area contributed by atoms with Gasteiger partial charge in [0.15, 0.2) is 5.78 Å². The van der Waals surface area contributed by atoms with Gasteiger partial charge in [-0.15, -0.1) is 0 Å². The largest absolute Gasteiger partial charge is 0.324 e. The van der Waals surface area contributed by atoms with E-state index in [9.17, 15) is 9.59 Å². The first-order chi connectivity index (χ1) is 10.8. The summed E-state index contributed by atoms with van der Waals surface area (Å²) in [4.78, 5) is 25.9. The Balaban J connectivity index is 2.54. The smallest absolute Gasteiger partial charge is 0.239 e. The third-order valence-corrected chi connectivity index (χ3v) is 4.30. The van der Waals surface area contributed by atoms with Gasteiger partial charge in [0, 0.05) is 10.6 Å². The van der Waals surface area contributed by atoms with Crippen LogP contribution in [0.25, 0.3) is 0 Å². The fourth-order valence-electron chi connectivity index (χ4n) is 2.63. The van der Waals surface area contributed by atoms with Crippen LogP contribution in [0.3, 0.4) is 0 Å². The topological polar surface area (TPSA) is 46.2 Å². The number of fused-ring (bicyclic) bond motifs is 1. The number of ketones is 1. The lowest BCUT2D eigenvalue weighted by molar-refractivity contribution is -0.123. The SMILES string of the molecule is CC(C)=CCC1(CC=C(C)C)C(=O)Nc2cc(Cl)ccc2C1=O. The summed E-state index contributed by atoms with van der Waals surface area (Å²) < 4.78 is 0. The number of Topliss-reactive ketones (excluding diaryl/α,β-unsaturated/α-hetero) is 1. The highest BCUT2D eigenvalue weighted by molar-refractivity contribution is 6.32. The summed E-state index contributed by atoms with van der Waals surface area (Å²) in [6, 6.07) is 5.00. The van der Waals surface area contributed by atoms with Gasteiger partial charge < -0.3 is 5.32 Å². The van der Waals surface area contributed by atoms with Crippen molar-refractivity contribution in [3.63, 3.8) is 0 Å². The second kappa shape index (κ2) is 6.71. The van der Waals surface area contributed by atoms with Crippen LogP contribution in [0.15, 0.2) is 41.5 Å². The molecule has 0 saturated heterocycles. The molecule has 0 aliphatic carbocycles. The number of rotatable bonds is 4. The first-order valence-corrected chi connectivity index (χ1v) is 8.06. The molecule has 0 bridgehead atoms. The lowest BCUT2D eigenvalue weighted by atomic mass is 9.71. The van der Waals surface area contributed by atoms with E-state index in [0.29, 0.717) is 29.1 Å². The molecular weight excluding hydrogens is 310 g/mol. The van der Waals surface area contributed by atoms with Crippen molar-refractivity contribution in [3.8, 4) is 0 Å². The van der Waals surface area contributed by atoms with E-state index in [4.69, 9.17) is 11.6 Å². The summed E-state index contributed by atoms with van der Waals surface area (Å²) in [5.41, 5.74) is 2.11. The van der Waals surface area contributed by atoms with Gasteiger partial charge in [-0.25, -0.2) is 0 Å². The number of carbonyl (C=O) groups excluding carboxylic acids is 2. The van der Waals surface area contributed by atoms with Crippen molar-refractivity contribution in [2.45, 2.75) is 40.5 Å². The molecule has 2 rings (SSSR count). The predicted molar refractivity (Wildman–Crippen MR) is 94.9 cm³/mol. The molecule has 0 atom stereocenters. The highest BCUT2D eigenvalue weighted by Gasteiger charge is 2.48. The molecular formula is C19H22ClNO2. The lowest BCUT2D eigenvalue weighted by Gasteiger charge is -2.34. The molecule has 122 valence electrons. The molecule has 4 heteroatoms. The minimum absolute atomic E-state index is 0.136. The average Bonchev–Trinajstić information content (AvgIpc) is 2.46. The van der Waals surface area contributed by atoms with Gasteiger partial charge in [0.05, 0.1) is 5.69 Å². The van der Waals surface area contributed by atoms with Crippen molar-refractivity contribution in [3.05, 3.63) is 52.1 Å². The molecule has 0 fully saturated rings. The zero-order valence-corrected chi connectivity index (χ0v) is 14.8. The molecule has 0 aromatic heterocycles. The summed E-state index contributed by atoms with van der Waals surface area (Å²) in [5, 5.41) is 3.36. The molecule has 1 aliphatic heterocycles. The van der Waals surface area contributed by atoms with Gasteiger partial charge >= 0.3 is 0 Å². The second-order valence-electron chi connectivity index (χ2n) is 6.53. The van der Waals surface area contributed by atoms with E-state index in [1.165, 1.54) is 0 Å². The average molecular weight is 332 g/mol. The van der Waals surface area contributed by atoms with E-state index < -0.39 is 5.41 Å². The van der Waals surface area contributed by atoms with E-state index in [1.807, 2.05) is 39.8 Å². The molecule has 0 radical (unpaired) electrons. The van der Waals surface area contributed by atoms with Gasteiger partial charge in [0.1, 0.15) is 5.41 Å². The van der Waals surface area contributed by atoms with Crippen LogP contribution in [0.1, 0.15) is 50.9 Å². The molecule has 1 aromatic rings. The number of hydrogen-bond acceptors (Lipinski definition) is 2. The number of carbonyl (C=O) groups is 2. The third-order valence-electron chi connectivity index (χ3n) is 4.06. The van der Waals surface area contributed by atoms with Crippen molar-refractivity contribution in [2.24, 2.45) is 5.41 Å². The Morgan fingerprint density at radius 1 is 1.09 bits per heavy atom. The Morgan fingerprint density at radius 3 is 2.17 bits per heavy atom. The van der Waals surface area contributed by atoms with Crippen molar-refractivity contribution < 1.29 is 9.59 Å². The summed E-state index contributed by atoms with van der Waals surface area (Å²) in [6.45, 7) is 7.86. The molecule has 0 saturated carbocycles. The van der Waals surface area contributed by atoms with E-state index in [0.717, 1.165) is 11.1 Å². The zero-order valence-electron chi connectivity index (χ0n) is 14.0. The van der Waals surface area contributed by atoms with Crippen LogP contribution in [0, 0.1) is 5.41 Å². The predicted octanol–water partition coefficient (Wildman–Crippen LogP) is 5.17. The summed E-state index contributed by atoms with van der Waals surface area (Å²) in [7, 11) is 0. The van der Waals surface area contributed by atoms with Gasteiger partial charge in [-0.05, 0) is 58.7 Å². The van der Waals surface area contributed by atoms with Gasteiger partial charge in [-0.3, -0.25) is 9.59 Å². The molecule has 1 amide bonds. The first kappa shape index (κ1) is 17.5. The first-order valence-electron chi connectivity index (χ1n) is 7.69. The molecule has 0 unspecified atom stereocenters. The number of hydrogen-bond donors (Lipinski definition) is 1. The second-order valence-corrected chi connectivity index (χ2v) is 6.96. The van der Waals surface area contributed by atoms with E-state index >= 15 is 0 Å². The summed E-state index contributed by atoms with van der Waals surface area (Å²) >= 11 is 5.97. The normalized spacial score (nSPS) is 15.5. The maximum Gasteiger partial charge on any atom is 0.239 e. The zero-order chi connectivity index (χ0) is 17.2. The van der Waals surface area contributed by atoms with Gasteiger partial charge in [0.25, 0.3) is 0 Å². The Hall–Kier alpha value is -1.87. The maximum atomic E-state index is 13.1. The Morgan fingerprint density at radius 2 is 1.65 bits per heavy atom. The lowest BCUT2D eigenvalue weighted by Crippen LogP contribution is -2.46. The highest BCUT2D eigenvalue weighted by atomic mass is 35.5. The molecule has 23 heavy (non-hydrogen) atoms. The quantitative estimate of drug-likeness (QED) is 0.610. The number of halogens is 1. The van der Waals surface area contributed by atoms with E-state index in [1.54, 1.807) is 18.2 Å². The van der Waals surface area contributed by atoms with Crippen molar-refractivity contribution in [2.75, 3.05) is 5.32 Å². The number of anilines is 1. The Kier molecular flexibility index (Phi) is 5.10. The maximum absolute atomic E-state index is 13.1. The van der Waals surface area contributed by atoms with Crippen molar-refractivity contribution >= 4 is 29.0 Å². The highest BCUT2D eigenvalue weighted by Crippen LogP contribution is 2.41. The van der Waals surface area contributed by atoms with Crippen LogP contribution >= 0.6 is 11.6 Å². The van der Waals surface area contributed by atoms with Crippen LogP contribution in [0.5, 0.6) is 0 Å². The molecule has 1 aromatic carbocycles. The van der Waals surface area contributed by atoms with Crippen LogP contribution < -0.4 is 5.32 Å². The minimum Gasteiger partial charge on any atom is -0.324 e. The van der Waals surface area contributed by atoms with Crippen LogP contribution in [0.2, 0.25) is 5.02 Å². The van der Waals surface area contributed by atoms with E-state index in [-0.39, 0.29) is 11.7 Å². The van der Waals surface area contributed by atoms with Crippen LogP contribution in [0.4, 0.5) is 5.69 Å². The Labute approximate surface area is 142 Å². The fourth-order valence-corrected chi connectivity index (χ4v) is 2.80. The molecule has 0 spiro atoms. The van der Waals surface area contributed by atoms with Crippen LogP contribution in [-0.2, 0) is 4.79 Å². The fraction of sp³-hybridized carbons (Fsp3) is 0.368. The monoisotopic (exact) mass is 331 g/mol.